The smallest absolute Gasteiger partial charge is 0.371 e. The Kier molecular flexibility index (Phi) is 4.14. The van der Waals surface area contributed by atoms with Crippen LogP contribution in [0, 0.1) is 11.3 Å². The summed E-state index contributed by atoms with van der Waals surface area (Å²) in [5, 5.41) is 21.1. The van der Waals surface area contributed by atoms with Crippen molar-refractivity contribution in [1.82, 2.24) is 0 Å². The van der Waals surface area contributed by atoms with Crippen LogP contribution in [0.1, 0.15) is 34.8 Å². The fourth-order valence-corrected chi connectivity index (χ4v) is 1.93. The number of hydrogen-bond donors (Lipinski definition) is 2. The van der Waals surface area contributed by atoms with Crippen LogP contribution in [-0.4, -0.2) is 18.2 Å². The summed E-state index contributed by atoms with van der Waals surface area (Å²) in [6.45, 7) is 1.80. The molecule has 1 aromatic heterocycles. The molecule has 0 aliphatic rings. The highest BCUT2D eigenvalue weighted by atomic mass is 16.5. The maximum atomic E-state index is 10.8. The lowest BCUT2D eigenvalue weighted by Crippen LogP contribution is -2.08. The van der Waals surface area contributed by atoms with Crippen LogP contribution in [0.4, 0.5) is 5.69 Å². The van der Waals surface area contributed by atoms with Crippen LogP contribution >= 0.6 is 0 Å². The standard InChI is InChI=1S/C15H14N2O4/c1-9(11-6-7-13(21-11)15(18)19)17-14-10(8-16)4-3-5-12(14)20-2/h3-7,9,17H,1-2H3,(H,18,19). The third-order valence-electron chi connectivity index (χ3n) is 2.99. The third kappa shape index (κ3) is 2.98. The van der Waals surface area contributed by atoms with Crippen molar-refractivity contribution in [3.05, 3.63) is 47.4 Å². The van der Waals surface area contributed by atoms with Gasteiger partial charge in [0.15, 0.2) is 0 Å². The molecule has 0 aliphatic heterocycles. The molecule has 6 nitrogen and oxygen atoms in total. The molecular formula is C15H14N2O4. The molecule has 6 heteroatoms. The van der Waals surface area contributed by atoms with Gasteiger partial charge in [0.05, 0.1) is 24.4 Å². The van der Waals surface area contributed by atoms with Gasteiger partial charge in [0.1, 0.15) is 17.6 Å². The summed E-state index contributed by atoms with van der Waals surface area (Å²) >= 11 is 0. The monoisotopic (exact) mass is 286 g/mol. The number of nitrogens with one attached hydrogen (secondary N) is 1. The van der Waals surface area contributed by atoms with E-state index in [2.05, 4.69) is 11.4 Å². The summed E-state index contributed by atoms with van der Waals surface area (Å²) in [5.74, 6) is -0.254. The number of anilines is 1. The average Bonchev–Trinajstić information content (AvgIpc) is 2.97. The van der Waals surface area contributed by atoms with E-state index in [-0.39, 0.29) is 11.8 Å². The zero-order valence-electron chi connectivity index (χ0n) is 11.6. The maximum absolute atomic E-state index is 10.8. The van der Waals surface area contributed by atoms with Gasteiger partial charge in [-0.1, -0.05) is 6.07 Å². The lowest BCUT2D eigenvalue weighted by atomic mass is 10.1. The number of benzene rings is 1. The minimum Gasteiger partial charge on any atom is -0.495 e. The summed E-state index contributed by atoms with van der Waals surface area (Å²) in [6, 6.07) is 9.87. The van der Waals surface area contributed by atoms with Crippen molar-refractivity contribution in [1.29, 1.82) is 5.26 Å². The van der Waals surface area contributed by atoms with Crippen molar-refractivity contribution in [3.63, 3.8) is 0 Å². The Morgan fingerprint density at radius 2 is 2.19 bits per heavy atom. The Morgan fingerprint density at radius 3 is 2.76 bits per heavy atom. The van der Waals surface area contributed by atoms with Crippen LogP contribution in [0.2, 0.25) is 0 Å². The second kappa shape index (κ2) is 6.01. The van der Waals surface area contributed by atoms with Crippen molar-refractivity contribution >= 4 is 11.7 Å². The topological polar surface area (TPSA) is 95.5 Å². The van der Waals surface area contributed by atoms with E-state index in [1.165, 1.54) is 13.2 Å². The van der Waals surface area contributed by atoms with Crippen molar-refractivity contribution in [2.45, 2.75) is 13.0 Å². The van der Waals surface area contributed by atoms with Crippen LogP contribution < -0.4 is 10.1 Å². The minimum atomic E-state index is -1.12. The predicted octanol–water partition coefficient (Wildman–Crippen LogP) is 3.03. The van der Waals surface area contributed by atoms with Gasteiger partial charge in [-0.3, -0.25) is 0 Å². The molecule has 0 fully saturated rings. The van der Waals surface area contributed by atoms with Gasteiger partial charge in [-0.2, -0.15) is 5.26 Å². The van der Waals surface area contributed by atoms with E-state index in [9.17, 15) is 4.79 Å². The van der Waals surface area contributed by atoms with Crippen molar-refractivity contribution < 1.29 is 19.1 Å². The van der Waals surface area contributed by atoms with E-state index < -0.39 is 5.97 Å². The fourth-order valence-electron chi connectivity index (χ4n) is 1.93. The van der Waals surface area contributed by atoms with Gasteiger partial charge in [-0.15, -0.1) is 0 Å². The molecule has 0 saturated carbocycles. The van der Waals surface area contributed by atoms with E-state index in [1.54, 1.807) is 31.2 Å². The number of furan rings is 1. The van der Waals surface area contributed by atoms with Crippen LogP contribution in [-0.2, 0) is 0 Å². The molecule has 1 unspecified atom stereocenters. The summed E-state index contributed by atoms with van der Waals surface area (Å²) in [6.07, 6.45) is 0. The second-order valence-corrected chi connectivity index (χ2v) is 4.37. The molecule has 2 N–H and O–H groups in total. The van der Waals surface area contributed by atoms with Gasteiger partial charge in [0.25, 0.3) is 0 Å². The third-order valence-corrected chi connectivity index (χ3v) is 2.99. The molecule has 2 aromatic rings. The Morgan fingerprint density at radius 1 is 1.43 bits per heavy atom. The number of aromatic carboxylic acids is 1. The first-order valence-corrected chi connectivity index (χ1v) is 6.23. The summed E-state index contributed by atoms with van der Waals surface area (Å²) in [4.78, 5) is 10.8. The summed E-state index contributed by atoms with van der Waals surface area (Å²) in [5.41, 5.74) is 0.981. The van der Waals surface area contributed by atoms with E-state index in [1.807, 2.05) is 0 Å². The Hall–Kier alpha value is -2.94. The second-order valence-electron chi connectivity index (χ2n) is 4.37. The molecule has 0 bridgehead atoms. The molecule has 21 heavy (non-hydrogen) atoms. The Balaban J connectivity index is 2.28. The van der Waals surface area contributed by atoms with Crippen LogP contribution in [0.25, 0.3) is 0 Å². The molecule has 0 aliphatic carbocycles. The number of carboxylic acid groups (broad SMARTS) is 1. The number of para-hydroxylation sites is 1. The zero-order chi connectivity index (χ0) is 15.4. The first-order valence-electron chi connectivity index (χ1n) is 6.23. The maximum Gasteiger partial charge on any atom is 0.371 e. The molecule has 0 saturated heterocycles. The average molecular weight is 286 g/mol. The van der Waals surface area contributed by atoms with Gasteiger partial charge in [-0.25, -0.2) is 4.79 Å². The molecule has 1 aromatic carbocycles. The molecular weight excluding hydrogens is 272 g/mol. The zero-order valence-corrected chi connectivity index (χ0v) is 11.6. The number of rotatable bonds is 5. The first-order chi connectivity index (χ1) is 10.1. The number of nitrogens with zero attached hydrogens (tertiary/aromatic N) is 1. The van der Waals surface area contributed by atoms with E-state index in [4.69, 9.17) is 19.5 Å². The van der Waals surface area contributed by atoms with Crippen LogP contribution in [0.3, 0.4) is 0 Å². The Bertz CT molecular complexity index is 700. The summed E-state index contributed by atoms with van der Waals surface area (Å²) < 4.78 is 10.5. The predicted molar refractivity (Wildman–Crippen MR) is 75.4 cm³/mol. The van der Waals surface area contributed by atoms with Gasteiger partial charge in [-0.05, 0) is 31.2 Å². The number of carboxylic acids is 1. The number of hydrogen-bond acceptors (Lipinski definition) is 5. The molecule has 0 spiro atoms. The minimum absolute atomic E-state index is 0.126. The molecule has 1 heterocycles. The first kappa shape index (κ1) is 14.5. The van der Waals surface area contributed by atoms with E-state index in [0.717, 1.165) is 0 Å². The van der Waals surface area contributed by atoms with Crippen molar-refractivity contribution in [3.8, 4) is 11.8 Å². The summed E-state index contributed by atoms with van der Waals surface area (Å²) in [7, 11) is 1.52. The largest absolute Gasteiger partial charge is 0.495 e. The highest BCUT2D eigenvalue weighted by Gasteiger charge is 2.17. The van der Waals surface area contributed by atoms with Gasteiger partial charge >= 0.3 is 5.97 Å². The lowest BCUT2D eigenvalue weighted by molar-refractivity contribution is 0.0660. The van der Waals surface area contributed by atoms with Gasteiger partial charge in [0, 0.05) is 0 Å². The number of carbonyl (C=O) groups is 1. The number of methoxy groups -OCH3 is 1. The quantitative estimate of drug-likeness (QED) is 0.877. The SMILES string of the molecule is COc1cccc(C#N)c1NC(C)c1ccc(C(=O)O)o1. The normalized spacial score (nSPS) is 11.5. The molecule has 2 rings (SSSR count). The molecule has 1 atom stereocenters. The van der Waals surface area contributed by atoms with Gasteiger partial charge in [0.2, 0.25) is 5.76 Å². The number of nitriles is 1. The molecule has 108 valence electrons. The van der Waals surface area contributed by atoms with Crippen LogP contribution in [0.15, 0.2) is 34.7 Å². The van der Waals surface area contributed by atoms with Gasteiger partial charge < -0.3 is 19.6 Å². The van der Waals surface area contributed by atoms with Crippen LogP contribution in [0.5, 0.6) is 5.75 Å². The van der Waals surface area contributed by atoms with Crippen molar-refractivity contribution in [2.24, 2.45) is 0 Å². The number of ether oxygens (including phenoxy) is 1. The molecule has 0 radical (unpaired) electrons. The lowest BCUT2D eigenvalue weighted by Gasteiger charge is -2.17. The fraction of sp³-hybridized carbons (Fsp3) is 0.200. The van der Waals surface area contributed by atoms with Crippen molar-refractivity contribution in [2.75, 3.05) is 12.4 Å². The highest BCUT2D eigenvalue weighted by Crippen LogP contribution is 2.31. The Labute approximate surface area is 121 Å². The molecule has 0 amide bonds. The highest BCUT2D eigenvalue weighted by molar-refractivity contribution is 5.84. The van der Waals surface area contributed by atoms with E-state index in [0.29, 0.717) is 22.8 Å². The van der Waals surface area contributed by atoms with E-state index >= 15 is 0 Å².